The van der Waals surface area contributed by atoms with Crippen LogP contribution < -0.4 is 10.6 Å². The van der Waals surface area contributed by atoms with Crippen LogP contribution in [0.4, 0.5) is 17.5 Å². The SMILES string of the molecule is C=C(CC(O)CCNc1nc(Nc2ccc(S(=C)(C)=O)cc2)ncc1-c1ccc[nH]1)OCC.CCOC(C)=O. The maximum absolute atomic E-state index is 12.1. The van der Waals surface area contributed by atoms with Gasteiger partial charge in [-0.3, -0.25) is 9.00 Å². The standard InChI is InChI=1S/C24H31N5O3S.C4H8O2/c1-5-32-17(2)15-19(30)12-14-26-23-21(22-7-6-13-25-22)16-27-24(29-23)28-18-8-10-20(11-9-18)33(3,4)31;1-3-6-4(2)5/h6-11,13,16,19,25,30H,2-3,5,12,14-15H2,1,4H3,(H2,26,27,28,29);3H2,1-2H3. The number of aliphatic hydroxyl groups is 1. The van der Waals surface area contributed by atoms with Gasteiger partial charge >= 0.3 is 5.97 Å². The summed E-state index contributed by atoms with van der Waals surface area (Å²) in [7, 11) is -2.26. The van der Waals surface area contributed by atoms with E-state index < -0.39 is 15.6 Å². The molecule has 212 valence electrons. The van der Waals surface area contributed by atoms with Gasteiger partial charge in [0.25, 0.3) is 0 Å². The van der Waals surface area contributed by atoms with E-state index in [1.165, 1.54) is 6.92 Å². The number of aromatic nitrogens is 3. The van der Waals surface area contributed by atoms with E-state index in [-0.39, 0.29) is 5.97 Å². The highest BCUT2D eigenvalue weighted by Gasteiger charge is 2.13. The molecule has 2 heterocycles. The maximum atomic E-state index is 12.1. The first-order valence-electron chi connectivity index (χ1n) is 12.6. The lowest BCUT2D eigenvalue weighted by atomic mass is 10.1. The second kappa shape index (κ2) is 15.6. The Kier molecular flexibility index (Phi) is 12.5. The lowest BCUT2D eigenvalue weighted by Crippen LogP contribution is -2.16. The Bertz CT molecular complexity index is 1290. The minimum Gasteiger partial charge on any atom is -0.499 e. The molecule has 0 bridgehead atoms. The monoisotopic (exact) mass is 557 g/mol. The van der Waals surface area contributed by atoms with Crippen LogP contribution in [-0.4, -0.2) is 68.2 Å². The van der Waals surface area contributed by atoms with Crippen LogP contribution in [0.3, 0.4) is 0 Å². The van der Waals surface area contributed by atoms with Gasteiger partial charge in [-0.15, -0.1) is 0 Å². The van der Waals surface area contributed by atoms with Gasteiger partial charge in [0.1, 0.15) is 5.82 Å². The van der Waals surface area contributed by atoms with Gasteiger partial charge in [0.05, 0.1) is 36.3 Å². The Hall–Kier alpha value is -3.83. The van der Waals surface area contributed by atoms with Gasteiger partial charge < -0.3 is 30.2 Å². The van der Waals surface area contributed by atoms with Gasteiger partial charge in [-0.1, -0.05) is 6.58 Å². The molecule has 4 N–H and O–H groups in total. The molecule has 39 heavy (non-hydrogen) atoms. The van der Waals surface area contributed by atoms with Crippen molar-refractivity contribution in [2.45, 2.75) is 44.6 Å². The number of rotatable bonds is 13. The molecule has 3 aromatic rings. The van der Waals surface area contributed by atoms with Gasteiger partial charge in [-0.25, -0.2) is 4.98 Å². The molecule has 2 unspecified atom stereocenters. The molecule has 0 aliphatic rings. The van der Waals surface area contributed by atoms with Crippen molar-refractivity contribution >= 4 is 38.8 Å². The number of nitrogens with zero attached hydrogens (tertiary/aromatic N) is 2. The van der Waals surface area contributed by atoms with Crippen molar-refractivity contribution in [2.75, 3.05) is 36.6 Å². The lowest BCUT2D eigenvalue weighted by molar-refractivity contribution is -0.140. The van der Waals surface area contributed by atoms with E-state index in [1.807, 2.05) is 37.4 Å². The molecule has 0 saturated carbocycles. The summed E-state index contributed by atoms with van der Waals surface area (Å²) in [6.07, 6.45) is 5.52. The first-order chi connectivity index (χ1) is 18.5. The summed E-state index contributed by atoms with van der Waals surface area (Å²) in [5.41, 5.74) is 2.47. The van der Waals surface area contributed by atoms with Crippen molar-refractivity contribution in [1.82, 2.24) is 15.0 Å². The first-order valence-corrected chi connectivity index (χ1v) is 14.7. The first kappa shape index (κ1) is 31.4. The number of nitrogens with one attached hydrogen (secondary N) is 3. The summed E-state index contributed by atoms with van der Waals surface area (Å²) in [6.45, 7) is 10.4. The molecule has 0 aliphatic carbocycles. The predicted octanol–water partition coefficient (Wildman–Crippen LogP) is 4.59. The summed E-state index contributed by atoms with van der Waals surface area (Å²) in [5.74, 6) is 5.13. The molecule has 0 saturated heterocycles. The summed E-state index contributed by atoms with van der Waals surface area (Å²) in [5, 5.41) is 16.7. The smallest absolute Gasteiger partial charge is 0.302 e. The largest absolute Gasteiger partial charge is 0.499 e. The van der Waals surface area contributed by atoms with E-state index in [4.69, 9.17) is 4.74 Å². The van der Waals surface area contributed by atoms with Gasteiger partial charge in [0.2, 0.25) is 5.95 Å². The van der Waals surface area contributed by atoms with Crippen LogP contribution in [0.15, 0.2) is 66.0 Å². The van der Waals surface area contributed by atoms with Crippen molar-refractivity contribution in [1.29, 1.82) is 0 Å². The molecule has 0 radical (unpaired) electrons. The van der Waals surface area contributed by atoms with E-state index in [0.717, 1.165) is 16.9 Å². The molecule has 11 heteroatoms. The Balaban J connectivity index is 0.000000798. The van der Waals surface area contributed by atoms with Crippen molar-refractivity contribution in [2.24, 2.45) is 0 Å². The van der Waals surface area contributed by atoms with Gasteiger partial charge in [0.15, 0.2) is 0 Å². The van der Waals surface area contributed by atoms with E-state index in [9.17, 15) is 14.1 Å². The minimum absolute atomic E-state index is 0.211. The van der Waals surface area contributed by atoms with Crippen molar-refractivity contribution in [3.05, 3.63) is 61.1 Å². The Labute approximate surface area is 230 Å². The Morgan fingerprint density at radius 1 is 1.18 bits per heavy atom. The highest BCUT2D eigenvalue weighted by Crippen LogP contribution is 2.26. The van der Waals surface area contributed by atoms with Crippen molar-refractivity contribution in [3.63, 3.8) is 0 Å². The van der Waals surface area contributed by atoms with E-state index >= 15 is 0 Å². The molecule has 3 rings (SSSR count). The number of ether oxygens (including phenoxy) is 2. The van der Waals surface area contributed by atoms with Crippen LogP contribution in [0.2, 0.25) is 0 Å². The average molecular weight is 558 g/mol. The Morgan fingerprint density at radius 3 is 2.41 bits per heavy atom. The number of benzene rings is 1. The second-order valence-corrected chi connectivity index (χ2v) is 11.1. The van der Waals surface area contributed by atoms with Crippen LogP contribution in [0, 0.1) is 0 Å². The summed E-state index contributed by atoms with van der Waals surface area (Å²) in [4.78, 5) is 22.7. The molecule has 0 aliphatic heterocycles. The van der Waals surface area contributed by atoms with Gasteiger partial charge in [-0.05, 0) is 72.1 Å². The topological polar surface area (TPSA) is 138 Å². The number of anilines is 3. The summed E-state index contributed by atoms with van der Waals surface area (Å²) < 4.78 is 21.8. The van der Waals surface area contributed by atoms with Crippen LogP contribution in [0.5, 0.6) is 0 Å². The average Bonchev–Trinajstić information content (AvgIpc) is 3.39. The quantitative estimate of drug-likeness (QED) is 0.135. The van der Waals surface area contributed by atoms with Crippen LogP contribution in [-0.2, 0) is 23.8 Å². The molecule has 2 aromatic heterocycles. The molecular formula is C28H39N5O5S. The van der Waals surface area contributed by atoms with Crippen LogP contribution in [0.1, 0.15) is 33.6 Å². The zero-order valence-electron chi connectivity index (χ0n) is 23.0. The fourth-order valence-corrected chi connectivity index (χ4v) is 4.13. The maximum Gasteiger partial charge on any atom is 0.302 e. The number of hydrogen-bond donors (Lipinski definition) is 4. The fourth-order valence-electron chi connectivity index (χ4n) is 3.42. The molecule has 10 nitrogen and oxygen atoms in total. The third kappa shape index (κ3) is 11.2. The normalized spacial score (nSPS) is 12.7. The molecular weight excluding hydrogens is 518 g/mol. The van der Waals surface area contributed by atoms with Gasteiger partial charge in [0, 0.05) is 49.1 Å². The zero-order valence-corrected chi connectivity index (χ0v) is 23.8. The summed E-state index contributed by atoms with van der Waals surface area (Å²) >= 11 is 0. The van der Waals surface area contributed by atoms with E-state index in [1.54, 1.807) is 31.5 Å². The molecule has 0 spiro atoms. The number of esters is 1. The second-order valence-electron chi connectivity index (χ2n) is 8.66. The number of carbonyl (C=O) groups is 1. The fraction of sp³-hybridized carbons (Fsp3) is 0.357. The number of aliphatic hydroxyl groups excluding tert-OH is 1. The van der Waals surface area contributed by atoms with Crippen LogP contribution in [0.25, 0.3) is 11.3 Å². The molecule has 0 amide bonds. The minimum atomic E-state index is -2.26. The van der Waals surface area contributed by atoms with Crippen molar-refractivity contribution in [3.8, 4) is 11.3 Å². The lowest BCUT2D eigenvalue weighted by Gasteiger charge is -2.15. The third-order valence-corrected chi connectivity index (χ3v) is 6.48. The van der Waals surface area contributed by atoms with E-state index in [2.05, 4.69) is 42.8 Å². The molecule has 2 atom stereocenters. The number of aromatic amines is 1. The van der Waals surface area contributed by atoms with E-state index in [0.29, 0.717) is 55.0 Å². The van der Waals surface area contributed by atoms with Gasteiger partial charge in [-0.2, -0.15) is 4.98 Å². The third-order valence-electron chi connectivity index (χ3n) is 5.22. The zero-order chi connectivity index (χ0) is 28.8. The number of carbonyl (C=O) groups excluding carboxylic acids is 1. The van der Waals surface area contributed by atoms with Crippen LogP contribution >= 0.6 is 0 Å². The summed E-state index contributed by atoms with van der Waals surface area (Å²) in [6, 6.07) is 11.0. The molecule has 1 aromatic carbocycles. The number of hydrogen-bond acceptors (Lipinski definition) is 9. The highest BCUT2D eigenvalue weighted by molar-refractivity contribution is 7.99. The molecule has 0 fully saturated rings. The highest BCUT2D eigenvalue weighted by atomic mass is 32.2. The Morgan fingerprint density at radius 2 is 1.87 bits per heavy atom. The van der Waals surface area contributed by atoms with Crippen molar-refractivity contribution < 1.29 is 23.6 Å². The predicted molar refractivity (Wildman–Crippen MR) is 158 cm³/mol. The number of H-pyrrole nitrogens is 1.